The third-order valence-corrected chi connectivity index (χ3v) is 4.06. The first-order valence-corrected chi connectivity index (χ1v) is 5.45. The van der Waals surface area contributed by atoms with Crippen LogP contribution in [0.4, 0.5) is 0 Å². The van der Waals surface area contributed by atoms with Crippen molar-refractivity contribution in [3.63, 3.8) is 0 Å². The molecule has 2 atom stereocenters. The number of hydrogen-bond acceptors (Lipinski definition) is 4. The SMILES string of the molecule is COC1S[C@@H]2CC(=O)N2C(C(=O)O)=C1C. The number of carboxylic acid groups (broad SMARTS) is 1. The highest BCUT2D eigenvalue weighted by atomic mass is 32.2. The average Bonchev–Trinajstić information content (AvgIpc) is 2.18. The molecule has 0 radical (unpaired) electrons. The standard InChI is InChI=1S/C9H11NO4S/c1-4-7(8(12)13)10-5(11)3-6(10)15-9(4)14-2/h6,9H,3H2,1-2H3,(H,12,13)/t6-,9?/m1/s1. The predicted molar refractivity (Wildman–Crippen MR) is 54.0 cm³/mol. The van der Waals surface area contributed by atoms with Gasteiger partial charge in [0.2, 0.25) is 5.91 Å². The molecular weight excluding hydrogens is 218 g/mol. The van der Waals surface area contributed by atoms with Gasteiger partial charge in [0.1, 0.15) is 11.1 Å². The lowest BCUT2D eigenvalue weighted by molar-refractivity contribution is -0.146. The molecule has 0 aromatic rings. The molecular formula is C9H11NO4S. The molecule has 1 amide bonds. The number of aliphatic carboxylic acids is 1. The first-order valence-electron chi connectivity index (χ1n) is 4.50. The fraction of sp³-hybridized carbons (Fsp3) is 0.556. The molecule has 2 rings (SSSR count). The van der Waals surface area contributed by atoms with Gasteiger partial charge in [0.25, 0.3) is 0 Å². The quantitative estimate of drug-likeness (QED) is 0.703. The number of amides is 1. The molecule has 0 aliphatic carbocycles. The minimum atomic E-state index is -1.06. The van der Waals surface area contributed by atoms with Crippen molar-refractivity contribution in [1.82, 2.24) is 4.90 Å². The number of thioether (sulfide) groups is 1. The van der Waals surface area contributed by atoms with Crippen molar-refractivity contribution in [3.8, 4) is 0 Å². The molecule has 1 saturated heterocycles. The van der Waals surface area contributed by atoms with Gasteiger partial charge < -0.3 is 9.84 Å². The van der Waals surface area contributed by atoms with Crippen LogP contribution in [0.3, 0.4) is 0 Å². The highest BCUT2D eigenvalue weighted by Gasteiger charge is 2.47. The Kier molecular flexibility index (Phi) is 2.47. The Balaban J connectivity index is 2.40. The summed E-state index contributed by atoms with van der Waals surface area (Å²) in [5.74, 6) is -1.19. The van der Waals surface area contributed by atoms with E-state index >= 15 is 0 Å². The first kappa shape index (κ1) is 10.5. The van der Waals surface area contributed by atoms with Gasteiger partial charge in [-0.3, -0.25) is 9.69 Å². The van der Waals surface area contributed by atoms with E-state index in [1.54, 1.807) is 6.92 Å². The number of carboxylic acids is 1. The highest BCUT2D eigenvalue weighted by molar-refractivity contribution is 8.00. The number of β-lactam (4-membered cyclic amide) rings is 1. The molecule has 2 aliphatic heterocycles. The van der Waals surface area contributed by atoms with Crippen molar-refractivity contribution in [2.45, 2.75) is 24.2 Å². The fourth-order valence-corrected chi connectivity index (χ4v) is 3.11. The minimum absolute atomic E-state index is 0.0720. The van der Waals surface area contributed by atoms with E-state index < -0.39 is 5.97 Å². The van der Waals surface area contributed by atoms with Crippen LogP contribution in [0.15, 0.2) is 11.3 Å². The summed E-state index contributed by atoms with van der Waals surface area (Å²) < 4.78 is 5.18. The Labute approximate surface area is 91.1 Å². The maximum atomic E-state index is 11.3. The van der Waals surface area contributed by atoms with E-state index in [4.69, 9.17) is 9.84 Å². The molecule has 0 bridgehead atoms. The lowest BCUT2D eigenvalue weighted by atomic mass is 10.1. The molecule has 0 aromatic carbocycles. The van der Waals surface area contributed by atoms with E-state index in [0.29, 0.717) is 12.0 Å². The Morgan fingerprint density at radius 2 is 2.33 bits per heavy atom. The number of rotatable bonds is 2. The predicted octanol–water partition coefficient (Wildman–Crippen LogP) is 0.623. The van der Waals surface area contributed by atoms with Crippen molar-refractivity contribution in [1.29, 1.82) is 0 Å². The van der Waals surface area contributed by atoms with Crippen LogP contribution in [0, 0.1) is 0 Å². The number of carbonyl (C=O) groups excluding carboxylic acids is 1. The molecule has 0 aromatic heterocycles. The van der Waals surface area contributed by atoms with Crippen LogP contribution in [0.1, 0.15) is 13.3 Å². The molecule has 6 heteroatoms. The fourth-order valence-electron chi connectivity index (χ4n) is 1.82. The monoisotopic (exact) mass is 229 g/mol. The summed E-state index contributed by atoms with van der Waals surface area (Å²) in [7, 11) is 1.54. The van der Waals surface area contributed by atoms with Crippen LogP contribution in [0.25, 0.3) is 0 Å². The third kappa shape index (κ3) is 1.44. The summed E-state index contributed by atoms with van der Waals surface area (Å²) in [5.41, 5.74) is 0.423. The van der Waals surface area contributed by atoms with Crippen LogP contribution >= 0.6 is 11.8 Å². The van der Waals surface area contributed by atoms with E-state index in [1.807, 2.05) is 0 Å². The summed E-state index contributed by atoms with van der Waals surface area (Å²) in [4.78, 5) is 23.7. The minimum Gasteiger partial charge on any atom is -0.477 e. The lowest BCUT2D eigenvalue weighted by Gasteiger charge is -2.45. The molecule has 0 saturated carbocycles. The van der Waals surface area contributed by atoms with E-state index in [1.165, 1.54) is 23.8 Å². The van der Waals surface area contributed by atoms with Gasteiger partial charge >= 0.3 is 5.97 Å². The molecule has 1 N–H and O–H groups in total. The second-order valence-electron chi connectivity index (χ2n) is 3.46. The van der Waals surface area contributed by atoms with Gasteiger partial charge in [-0.15, -0.1) is 11.8 Å². The van der Waals surface area contributed by atoms with Crippen molar-refractivity contribution >= 4 is 23.6 Å². The van der Waals surface area contributed by atoms with Crippen LogP contribution in [-0.4, -0.2) is 39.8 Å². The normalized spacial score (nSPS) is 30.0. The van der Waals surface area contributed by atoms with Crippen molar-refractivity contribution in [2.24, 2.45) is 0 Å². The molecule has 1 fully saturated rings. The van der Waals surface area contributed by atoms with Gasteiger partial charge in [0.15, 0.2) is 0 Å². The van der Waals surface area contributed by atoms with E-state index in [9.17, 15) is 9.59 Å². The molecule has 5 nitrogen and oxygen atoms in total. The van der Waals surface area contributed by atoms with E-state index in [-0.39, 0.29) is 22.4 Å². The molecule has 0 spiro atoms. The Morgan fingerprint density at radius 3 is 2.80 bits per heavy atom. The van der Waals surface area contributed by atoms with Gasteiger partial charge in [0.05, 0.1) is 11.8 Å². The summed E-state index contributed by atoms with van der Waals surface area (Å²) in [5, 5.41) is 8.97. The van der Waals surface area contributed by atoms with Gasteiger partial charge in [-0.2, -0.15) is 0 Å². The molecule has 15 heavy (non-hydrogen) atoms. The topological polar surface area (TPSA) is 66.8 Å². The number of fused-ring (bicyclic) bond motifs is 1. The zero-order valence-corrected chi connectivity index (χ0v) is 9.21. The van der Waals surface area contributed by atoms with Crippen molar-refractivity contribution < 1.29 is 19.4 Å². The first-order chi connectivity index (χ1) is 7.06. The lowest BCUT2D eigenvalue weighted by Crippen LogP contribution is -2.55. The molecule has 2 heterocycles. The van der Waals surface area contributed by atoms with Gasteiger partial charge in [-0.05, 0) is 12.5 Å². The van der Waals surface area contributed by atoms with Crippen molar-refractivity contribution in [3.05, 3.63) is 11.3 Å². The Morgan fingerprint density at radius 1 is 1.67 bits per heavy atom. The second kappa shape index (κ2) is 3.53. The van der Waals surface area contributed by atoms with Gasteiger partial charge in [-0.25, -0.2) is 4.79 Å². The largest absolute Gasteiger partial charge is 0.477 e. The Bertz CT molecular complexity index is 365. The second-order valence-corrected chi connectivity index (χ2v) is 4.71. The summed E-state index contributed by atoms with van der Waals surface area (Å²) in [6.07, 6.45) is 0.397. The number of methoxy groups -OCH3 is 1. The van der Waals surface area contributed by atoms with E-state index in [2.05, 4.69) is 0 Å². The molecule has 1 unspecified atom stereocenters. The van der Waals surface area contributed by atoms with Crippen LogP contribution < -0.4 is 0 Å². The third-order valence-electron chi connectivity index (χ3n) is 2.57. The number of carbonyl (C=O) groups is 2. The summed E-state index contributed by atoms with van der Waals surface area (Å²) in [6.45, 7) is 1.69. The highest BCUT2D eigenvalue weighted by Crippen LogP contribution is 2.43. The number of hydrogen-bond donors (Lipinski definition) is 1. The van der Waals surface area contributed by atoms with Crippen LogP contribution in [0.5, 0.6) is 0 Å². The number of ether oxygens (including phenoxy) is 1. The maximum Gasteiger partial charge on any atom is 0.352 e. The maximum absolute atomic E-state index is 11.3. The zero-order valence-electron chi connectivity index (χ0n) is 8.39. The average molecular weight is 229 g/mol. The molecule has 82 valence electrons. The smallest absolute Gasteiger partial charge is 0.352 e. The number of nitrogens with zero attached hydrogens (tertiary/aromatic N) is 1. The van der Waals surface area contributed by atoms with Crippen molar-refractivity contribution in [2.75, 3.05) is 7.11 Å². The summed E-state index contributed by atoms with van der Waals surface area (Å²) in [6, 6.07) is 0. The molecule has 2 aliphatic rings. The van der Waals surface area contributed by atoms with Crippen LogP contribution in [0.2, 0.25) is 0 Å². The zero-order chi connectivity index (χ0) is 11.2. The Hall–Kier alpha value is -1.01. The van der Waals surface area contributed by atoms with Crippen LogP contribution in [-0.2, 0) is 14.3 Å². The van der Waals surface area contributed by atoms with Gasteiger partial charge in [-0.1, -0.05) is 0 Å². The summed E-state index contributed by atoms with van der Waals surface area (Å²) >= 11 is 1.48. The van der Waals surface area contributed by atoms with Gasteiger partial charge in [0, 0.05) is 7.11 Å². The van der Waals surface area contributed by atoms with E-state index in [0.717, 1.165) is 0 Å².